The van der Waals surface area contributed by atoms with E-state index in [1.807, 2.05) is 0 Å². The number of aromatic nitrogens is 1. The summed E-state index contributed by atoms with van der Waals surface area (Å²) in [6.45, 7) is 0. The Morgan fingerprint density at radius 3 is 2.47 bits per heavy atom. The lowest BCUT2D eigenvalue weighted by Crippen LogP contribution is -2.16. The summed E-state index contributed by atoms with van der Waals surface area (Å²) in [5, 5.41) is 2.78. The molecule has 0 unspecified atom stereocenters. The second kappa shape index (κ2) is 5.40. The molecular formula is C11H8ClF3N2O2. The first-order valence-electron chi connectivity index (χ1n) is 5.09. The summed E-state index contributed by atoms with van der Waals surface area (Å²) < 4.78 is 44.7. The van der Waals surface area contributed by atoms with Gasteiger partial charge in [-0.2, -0.15) is 4.98 Å². The number of nitrogens with one attached hydrogen (secondary N) is 1. The normalized spacial score (nSPS) is 11.4. The molecule has 0 saturated heterocycles. The number of anilines is 2. The number of rotatable bonds is 4. The molecule has 0 amide bonds. The Morgan fingerprint density at radius 1 is 1.26 bits per heavy atom. The zero-order valence-corrected chi connectivity index (χ0v) is 10.1. The molecule has 1 aromatic carbocycles. The monoisotopic (exact) mass is 292 g/mol. The van der Waals surface area contributed by atoms with Crippen molar-refractivity contribution >= 4 is 23.3 Å². The molecule has 0 fully saturated rings. The van der Waals surface area contributed by atoms with Crippen molar-refractivity contribution in [2.24, 2.45) is 0 Å². The summed E-state index contributed by atoms with van der Waals surface area (Å²) in [5.41, 5.74) is 1.07. The van der Waals surface area contributed by atoms with Gasteiger partial charge in [-0.1, -0.05) is 0 Å². The van der Waals surface area contributed by atoms with Crippen LogP contribution in [-0.4, -0.2) is 11.3 Å². The summed E-state index contributed by atoms with van der Waals surface area (Å²) in [5.74, 6) is -0.0873. The van der Waals surface area contributed by atoms with Gasteiger partial charge in [0.1, 0.15) is 12.0 Å². The van der Waals surface area contributed by atoms with Gasteiger partial charge in [0.15, 0.2) is 0 Å². The number of alkyl halides is 4. The van der Waals surface area contributed by atoms with Crippen LogP contribution in [0.15, 0.2) is 34.9 Å². The predicted molar refractivity (Wildman–Crippen MR) is 62.5 cm³/mol. The van der Waals surface area contributed by atoms with Gasteiger partial charge < -0.3 is 14.5 Å². The maximum absolute atomic E-state index is 12.0. The Labute approximate surface area is 111 Å². The Balaban J connectivity index is 2.02. The predicted octanol–water partition coefficient (Wildman–Crippen LogP) is 4.06. The number of nitrogens with zero attached hydrogens (tertiary/aromatic N) is 1. The van der Waals surface area contributed by atoms with E-state index in [1.165, 1.54) is 30.5 Å². The van der Waals surface area contributed by atoms with Crippen molar-refractivity contribution in [2.45, 2.75) is 12.2 Å². The SMILES string of the molecule is FC(F)(F)Oc1ccc(Nc2nc(CCl)co2)cc1. The first kappa shape index (κ1) is 13.5. The number of ether oxygens (including phenoxy) is 1. The third kappa shape index (κ3) is 4.06. The minimum absolute atomic E-state index is 0.208. The number of hydrogen-bond acceptors (Lipinski definition) is 4. The highest BCUT2D eigenvalue weighted by molar-refractivity contribution is 6.16. The zero-order chi connectivity index (χ0) is 13.9. The molecule has 8 heteroatoms. The summed E-state index contributed by atoms with van der Waals surface area (Å²) in [6.07, 6.45) is -3.32. The van der Waals surface area contributed by atoms with E-state index in [-0.39, 0.29) is 17.6 Å². The lowest BCUT2D eigenvalue weighted by molar-refractivity contribution is -0.274. The van der Waals surface area contributed by atoms with Crippen LogP contribution in [0.1, 0.15) is 5.69 Å². The highest BCUT2D eigenvalue weighted by atomic mass is 35.5. The van der Waals surface area contributed by atoms with Crippen LogP contribution < -0.4 is 10.1 Å². The van der Waals surface area contributed by atoms with Crippen LogP contribution >= 0.6 is 11.6 Å². The summed E-state index contributed by atoms with van der Waals surface area (Å²) in [6, 6.07) is 5.39. The van der Waals surface area contributed by atoms with Gasteiger partial charge in [-0.3, -0.25) is 0 Å². The standard InChI is InChI=1S/C11H8ClF3N2O2/c12-5-8-6-18-10(17-8)16-7-1-3-9(4-2-7)19-11(13,14)15/h1-4,6H,5H2,(H,16,17). The fourth-order valence-corrected chi connectivity index (χ4v) is 1.41. The molecule has 0 saturated carbocycles. The molecule has 1 heterocycles. The summed E-state index contributed by atoms with van der Waals surface area (Å²) in [7, 11) is 0. The van der Waals surface area contributed by atoms with Crippen LogP contribution in [0, 0.1) is 0 Å². The molecular weight excluding hydrogens is 285 g/mol. The van der Waals surface area contributed by atoms with Crippen LogP contribution in [-0.2, 0) is 5.88 Å². The molecule has 19 heavy (non-hydrogen) atoms. The second-order valence-corrected chi connectivity index (χ2v) is 3.74. The molecule has 0 atom stereocenters. The number of hydrogen-bond donors (Lipinski definition) is 1. The second-order valence-electron chi connectivity index (χ2n) is 3.47. The minimum atomic E-state index is -4.70. The number of halogens is 4. The quantitative estimate of drug-likeness (QED) is 0.863. The molecule has 0 spiro atoms. The molecule has 1 N–H and O–H groups in total. The first-order chi connectivity index (χ1) is 8.96. The van der Waals surface area contributed by atoms with Crippen LogP contribution in [0.3, 0.4) is 0 Å². The van der Waals surface area contributed by atoms with Crippen molar-refractivity contribution in [3.8, 4) is 5.75 Å². The van der Waals surface area contributed by atoms with E-state index in [9.17, 15) is 13.2 Å². The third-order valence-corrected chi connectivity index (χ3v) is 2.30. The van der Waals surface area contributed by atoms with Gasteiger partial charge in [0.25, 0.3) is 6.01 Å². The molecule has 102 valence electrons. The van der Waals surface area contributed by atoms with E-state index in [0.29, 0.717) is 11.4 Å². The van der Waals surface area contributed by atoms with E-state index >= 15 is 0 Å². The summed E-state index contributed by atoms with van der Waals surface area (Å²) in [4.78, 5) is 3.98. The Hall–Kier alpha value is -1.89. The summed E-state index contributed by atoms with van der Waals surface area (Å²) >= 11 is 5.55. The van der Waals surface area contributed by atoms with Crippen LogP contribution in [0.5, 0.6) is 5.75 Å². The van der Waals surface area contributed by atoms with E-state index in [2.05, 4.69) is 15.0 Å². The highest BCUT2D eigenvalue weighted by Gasteiger charge is 2.30. The van der Waals surface area contributed by atoms with Gasteiger partial charge >= 0.3 is 6.36 Å². The average molecular weight is 293 g/mol. The zero-order valence-electron chi connectivity index (χ0n) is 9.37. The van der Waals surface area contributed by atoms with Gasteiger partial charge in [0, 0.05) is 5.69 Å². The Kier molecular flexibility index (Phi) is 3.84. The molecule has 2 rings (SSSR count). The van der Waals surface area contributed by atoms with Crippen molar-refractivity contribution < 1.29 is 22.3 Å². The third-order valence-electron chi connectivity index (χ3n) is 2.03. The van der Waals surface area contributed by atoms with Gasteiger partial charge in [0.2, 0.25) is 0 Å². The molecule has 0 aliphatic carbocycles. The van der Waals surface area contributed by atoms with Crippen molar-refractivity contribution in [1.29, 1.82) is 0 Å². The van der Waals surface area contributed by atoms with E-state index in [4.69, 9.17) is 16.0 Å². The fourth-order valence-electron chi connectivity index (χ4n) is 1.29. The average Bonchev–Trinajstić information content (AvgIpc) is 2.77. The van der Waals surface area contributed by atoms with Crippen molar-refractivity contribution in [2.75, 3.05) is 5.32 Å². The van der Waals surface area contributed by atoms with E-state index in [0.717, 1.165) is 0 Å². The maximum Gasteiger partial charge on any atom is 0.573 e. The molecule has 0 bridgehead atoms. The fraction of sp³-hybridized carbons (Fsp3) is 0.182. The van der Waals surface area contributed by atoms with E-state index < -0.39 is 6.36 Å². The van der Waals surface area contributed by atoms with Gasteiger partial charge in [-0.25, -0.2) is 0 Å². The van der Waals surface area contributed by atoms with E-state index in [1.54, 1.807) is 0 Å². The van der Waals surface area contributed by atoms with Crippen LogP contribution in [0.25, 0.3) is 0 Å². The molecule has 4 nitrogen and oxygen atoms in total. The Bertz CT molecular complexity index is 540. The molecule has 0 aliphatic rings. The molecule has 0 aliphatic heterocycles. The maximum atomic E-state index is 12.0. The van der Waals surface area contributed by atoms with Gasteiger partial charge in [-0.05, 0) is 24.3 Å². The van der Waals surface area contributed by atoms with Crippen LogP contribution in [0.4, 0.5) is 24.9 Å². The van der Waals surface area contributed by atoms with Gasteiger partial charge in [0.05, 0.1) is 11.6 Å². The minimum Gasteiger partial charge on any atom is -0.432 e. The lowest BCUT2D eigenvalue weighted by atomic mass is 10.3. The smallest absolute Gasteiger partial charge is 0.432 e. The lowest BCUT2D eigenvalue weighted by Gasteiger charge is -2.09. The van der Waals surface area contributed by atoms with Crippen molar-refractivity contribution in [3.05, 3.63) is 36.2 Å². The molecule has 2 aromatic rings. The van der Waals surface area contributed by atoms with Crippen molar-refractivity contribution in [3.63, 3.8) is 0 Å². The van der Waals surface area contributed by atoms with Crippen LogP contribution in [0.2, 0.25) is 0 Å². The van der Waals surface area contributed by atoms with Gasteiger partial charge in [-0.15, -0.1) is 24.8 Å². The number of benzene rings is 1. The first-order valence-corrected chi connectivity index (χ1v) is 5.63. The largest absolute Gasteiger partial charge is 0.573 e. The number of oxazole rings is 1. The highest BCUT2D eigenvalue weighted by Crippen LogP contribution is 2.25. The topological polar surface area (TPSA) is 47.3 Å². The molecule has 1 aromatic heterocycles. The Morgan fingerprint density at radius 2 is 1.95 bits per heavy atom. The molecule has 0 radical (unpaired) electrons. The van der Waals surface area contributed by atoms with Crippen molar-refractivity contribution in [1.82, 2.24) is 4.98 Å².